The molecule has 1 aromatic heterocycles. The van der Waals surface area contributed by atoms with Crippen molar-refractivity contribution in [3.8, 4) is 17.2 Å². The molecule has 5 rings (SSSR count). The van der Waals surface area contributed by atoms with Crippen molar-refractivity contribution in [3.05, 3.63) is 113 Å². The first-order valence-electron chi connectivity index (χ1n) is 13.5. The van der Waals surface area contributed by atoms with Crippen molar-refractivity contribution >= 4 is 17.6 Å². The van der Waals surface area contributed by atoms with Crippen LogP contribution in [0.3, 0.4) is 0 Å². The lowest BCUT2D eigenvalue weighted by Crippen LogP contribution is -2.39. The zero-order valence-electron chi connectivity index (χ0n) is 23.2. The van der Waals surface area contributed by atoms with Crippen LogP contribution in [0.2, 0.25) is 0 Å². The highest BCUT2D eigenvalue weighted by Crippen LogP contribution is 2.31. The molecule has 210 valence electrons. The summed E-state index contributed by atoms with van der Waals surface area (Å²) in [6.07, 6.45) is 0.599. The van der Waals surface area contributed by atoms with Crippen molar-refractivity contribution in [1.29, 1.82) is 0 Å². The number of rotatable bonds is 9. The molecule has 4 aromatic rings. The van der Waals surface area contributed by atoms with E-state index in [1.54, 1.807) is 0 Å². The second-order valence-corrected chi connectivity index (χ2v) is 9.67. The zero-order valence-corrected chi connectivity index (χ0v) is 23.2. The number of benzene rings is 3. The van der Waals surface area contributed by atoms with Crippen molar-refractivity contribution in [2.45, 2.75) is 26.4 Å². The number of hydrogen-bond donors (Lipinski definition) is 0. The number of hydrogen-bond acceptors (Lipinski definition) is 7. The summed E-state index contributed by atoms with van der Waals surface area (Å²) in [6.45, 7) is 3.01. The van der Waals surface area contributed by atoms with E-state index in [0.717, 1.165) is 33.7 Å². The maximum absolute atomic E-state index is 12.8. The Bertz CT molecular complexity index is 1530. The Balaban J connectivity index is 1.24. The highest BCUT2D eigenvalue weighted by Gasteiger charge is 2.29. The maximum atomic E-state index is 12.8. The van der Waals surface area contributed by atoms with Gasteiger partial charge in [0.2, 0.25) is 5.89 Å². The smallest absolute Gasteiger partial charge is 0.410 e. The molecule has 1 aliphatic heterocycles. The van der Waals surface area contributed by atoms with E-state index < -0.39 is 12.1 Å². The van der Waals surface area contributed by atoms with Gasteiger partial charge in [-0.3, -0.25) is 0 Å². The van der Waals surface area contributed by atoms with E-state index in [0.29, 0.717) is 43.2 Å². The molecule has 0 aliphatic carbocycles. The Hall–Kier alpha value is -4.85. The molecular weight excluding hydrogens is 520 g/mol. The molecular formula is C33H32N2O6. The third-order valence-corrected chi connectivity index (χ3v) is 6.94. The van der Waals surface area contributed by atoms with Gasteiger partial charge in [-0.1, -0.05) is 60.7 Å². The lowest BCUT2D eigenvalue weighted by Gasteiger charge is -2.29. The quantitative estimate of drug-likeness (QED) is 0.227. The van der Waals surface area contributed by atoms with E-state index in [1.165, 1.54) is 12.0 Å². The van der Waals surface area contributed by atoms with Gasteiger partial charge in [0.15, 0.2) is 0 Å². The molecule has 8 heteroatoms. The molecule has 0 atom stereocenters. The standard InChI is InChI=1S/C33H32N2O6/c1-23-30(34-31(41-23)25-12-7-4-8-13-25)17-19-39-27-15-9-14-26(20-27)28-16-18-35(21-29(28)32(36)38-2)33(37)40-22-24-10-5-3-6-11-24/h3-15,20H,16-19,21-22H2,1-2H3. The minimum Gasteiger partial charge on any atom is -0.493 e. The van der Waals surface area contributed by atoms with Crippen LogP contribution in [0.5, 0.6) is 5.75 Å². The van der Waals surface area contributed by atoms with Crippen LogP contribution >= 0.6 is 0 Å². The third kappa shape index (κ3) is 6.84. The molecule has 8 nitrogen and oxygen atoms in total. The number of aromatic nitrogens is 1. The summed E-state index contributed by atoms with van der Waals surface area (Å²) in [6, 6.07) is 26.9. The molecule has 1 aliphatic rings. The monoisotopic (exact) mass is 552 g/mol. The van der Waals surface area contributed by atoms with Gasteiger partial charge in [0.1, 0.15) is 18.1 Å². The van der Waals surface area contributed by atoms with Crippen molar-refractivity contribution in [2.24, 2.45) is 0 Å². The van der Waals surface area contributed by atoms with Crippen LogP contribution in [0.15, 0.2) is 94.9 Å². The van der Waals surface area contributed by atoms with Gasteiger partial charge in [-0.2, -0.15) is 0 Å². The Labute approximate surface area is 239 Å². The summed E-state index contributed by atoms with van der Waals surface area (Å²) in [5.41, 5.74) is 4.79. The Morgan fingerprint density at radius 3 is 2.44 bits per heavy atom. The molecule has 3 aromatic carbocycles. The topological polar surface area (TPSA) is 91.1 Å². The number of aryl methyl sites for hydroxylation is 1. The summed E-state index contributed by atoms with van der Waals surface area (Å²) in [5, 5.41) is 0. The van der Waals surface area contributed by atoms with Crippen LogP contribution in [0.4, 0.5) is 4.79 Å². The number of oxazole rings is 1. The van der Waals surface area contributed by atoms with E-state index in [9.17, 15) is 9.59 Å². The molecule has 0 N–H and O–H groups in total. The first kappa shape index (κ1) is 27.7. The average Bonchev–Trinajstić information content (AvgIpc) is 3.40. The molecule has 41 heavy (non-hydrogen) atoms. The lowest BCUT2D eigenvalue weighted by atomic mass is 9.93. The van der Waals surface area contributed by atoms with Gasteiger partial charge in [-0.05, 0) is 54.3 Å². The van der Waals surface area contributed by atoms with Gasteiger partial charge in [0.25, 0.3) is 0 Å². The third-order valence-electron chi connectivity index (χ3n) is 6.94. The van der Waals surface area contributed by atoms with E-state index >= 15 is 0 Å². The van der Waals surface area contributed by atoms with Gasteiger partial charge in [-0.15, -0.1) is 0 Å². The van der Waals surface area contributed by atoms with E-state index in [2.05, 4.69) is 4.98 Å². The number of ether oxygens (including phenoxy) is 3. The summed E-state index contributed by atoms with van der Waals surface area (Å²) in [5.74, 6) is 1.57. The summed E-state index contributed by atoms with van der Waals surface area (Å²) in [7, 11) is 1.34. The van der Waals surface area contributed by atoms with E-state index in [4.69, 9.17) is 18.6 Å². The number of carbonyl (C=O) groups is 2. The number of carbonyl (C=O) groups excluding carboxylic acids is 2. The van der Waals surface area contributed by atoms with Crippen molar-refractivity contribution < 1.29 is 28.2 Å². The van der Waals surface area contributed by atoms with Gasteiger partial charge in [0, 0.05) is 18.5 Å². The van der Waals surface area contributed by atoms with Gasteiger partial charge < -0.3 is 23.5 Å². The van der Waals surface area contributed by atoms with E-state index in [-0.39, 0.29) is 13.2 Å². The zero-order chi connectivity index (χ0) is 28.6. The molecule has 0 saturated heterocycles. The van der Waals surface area contributed by atoms with Crippen LogP contribution in [0.25, 0.3) is 17.0 Å². The fourth-order valence-electron chi connectivity index (χ4n) is 4.76. The van der Waals surface area contributed by atoms with Gasteiger partial charge in [-0.25, -0.2) is 14.6 Å². The summed E-state index contributed by atoms with van der Waals surface area (Å²) >= 11 is 0. The number of methoxy groups -OCH3 is 1. The van der Waals surface area contributed by atoms with Gasteiger partial charge in [0.05, 0.1) is 31.5 Å². The number of nitrogens with zero attached hydrogens (tertiary/aromatic N) is 2. The highest BCUT2D eigenvalue weighted by molar-refractivity contribution is 5.99. The minimum absolute atomic E-state index is 0.107. The maximum Gasteiger partial charge on any atom is 0.410 e. The summed E-state index contributed by atoms with van der Waals surface area (Å²) in [4.78, 5) is 31.7. The normalized spacial score (nSPS) is 13.2. The predicted octanol–water partition coefficient (Wildman–Crippen LogP) is 6.24. The number of esters is 1. The van der Waals surface area contributed by atoms with Gasteiger partial charge >= 0.3 is 12.1 Å². The first-order chi connectivity index (χ1) is 20.0. The van der Waals surface area contributed by atoms with Crippen LogP contribution in [0, 0.1) is 6.92 Å². The fraction of sp³-hybridized carbons (Fsp3) is 0.242. The van der Waals surface area contributed by atoms with E-state index in [1.807, 2.05) is 91.9 Å². The molecule has 0 unspecified atom stereocenters. The van der Waals surface area contributed by atoms with Crippen molar-refractivity contribution in [3.63, 3.8) is 0 Å². The summed E-state index contributed by atoms with van der Waals surface area (Å²) < 4.78 is 22.5. The Kier molecular flexibility index (Phi) is 8.79. The first-order valence-corrected chi connectivity index (χ1v) is 13.5. The number of amides is 1. The lowest BCUT2D eigenvalue weighted by molar-refractivity contribution is -0.136. The predicted molar refractivity (Wildman–Crippen MR) is 154 cm³/mol. The minimum atomic E-state index is -0.470. The van der Waals surface area contributed by atoms with Crippen molar-refractivity contribution in [2.75, 3.05) is 26.8 Å². The molecule has 1 amide bonds. The fourth-order valence-corrected chi connectivity index (χ4v) is 4.76. The molecule has 0 radical (unpaired) electrons. The van der Waals surface area contributed by atoms with Crippen molar-refractivity contribution in [1.82, 2.24) is 9.88 Å². The van der Waals surface area contributed by atoms with Crippen LogP contribution in [-0.2, 0) is 27.3 Å². The van der Waals surface area contributed by atoms with Crippen LogP contribution in [0.1, 0.15) is 29.0 Å². The molecule has 2 heterocycles. The Morgan fingerprint density at radius 2 is 1.68 bits per heavy atom. The average molecular weight is 553 g/mol. The Morgan fingerprint density at radius 1 is 0.951 bits per heavy atom. The van der Waals surface area contributed by atoms with Crippen LogP contribution < -0.4 is 4.74 Å². The largest absolute Gasteiger partial charge is 0.493 e. The SMILES string of the molecule is COC(=O)C1=C(c2cccc(OCCc3nc(-c4ccccc4)oc3C)c2)CCN(C(=O)OCc2ccccc2)C1. The molecule has 0 fully saturated rings. The van der Waals surface area contributed by atoms with Crippen LogP contribution in [-0.4, -0.2) is 48.8 Å². The second kappa shape index (κ2) is 13.0. The molecule has 0 saturated carbocycles. The molecule has 0 spiro atoms. The highest BCUT2D eigenvalue weighted by atomic mass is 16.6. The second-order valence-electron chi connectivity index (χ2n) is 9.67. The molecule has 0 bridgehead atoms.